The Morgan fingerprint density at radius 1 is 1.24 bits per heavy atom. The first-order valence-electron chi connectivity index (χ1n) is 7.16. The highest BCUT2D eigenvalue weighted by atomic mass is 35.5. The number of halogens is 1. The third-order valence-corrected chi connectivity index (χ3v) is 3.78. The minimum Gasteiger partial charge on any atom is -0.321 e. The van der Waals surface area contributed by atoms with E-state index in [1.165, 1.54) is 0 Å². The molecule has 0 amide bonds. The SMILES string of the molecule is CC(C)(C)CC(C)(C)n1c(CCl)nc2ccc(C#N)cc21. The molecule has 112 valence electrons. The van der Waals surface area contributed by atoms with E-state index in [1.54, 1.807) is 6.07 Å². The van der Waals surface area contributed by atoms with Gasteiger partial charge in [0.05, 0.1) is 28.5 Å². The van der Waals surface area contributed by atoms with Crippen LogP contribution >= 0.6 is 11.6 Å². The van der Waals surface area contributed by atoms with E-state index in [2.05, 4.69) is 50.2 Å². The highest BCUT2D eigenvalue weighted by molar-refractivity contribution is 6.16. The maximum Gasteiger partial charge on any atom is 0.125 e. The van der Waals surface area contributed by atoms with Gasteiger partial charge in [-0.2, -0.15) is 5.26 Å². The number of hydrogen-bond donors (Lipinski definition) is 0. The Bertz CT molecular complexity index is 699. The minimum absolute atomic E-state index is 0.120. The third kappa shape index (κ3) is 3.22. The summed E-state index contributed by atoms with van der Waals surface area (Å²) in [6, 6.07) is 7.80. The summed E-state index contributed by atoms with van der Waals surface area (Å²) in [7, 11) is 0. The van der Waals surface area contributed by atoms with E-state index in [0.717, 1.165) is 23.3 Å². The quantitative estimate of drug-likeness (QED) is 0.763. The number of hydrogen-bond acceptors (Lipinski definition) is 2. The number of alkyl halides is 1. The lowest BCUT2D eigenvalue weighted by molar-refractivity contribution is 0.216. The molecule has 0 saturated carbocycles. The fourth-order valence-electron chi connectivity index (χ4n) is 3.34. The molecule has 1 heterocycles. The average molecular weight is 304 g/mol. The summed E-state index contributed by atoms with van der Waals surface area (Å²) in [5.74, 6) is 1.22. The standard InChI is InChI=1S/C17H22ClN3/c1-16(2,3)11-17(4,5)21-14-8-12(10-19)6-7-13(14)20-15(21)9-18/h6-8H,9,11H2,1-5H3. The summed E-state index contributed by atoms with van der Waals surface area (Å²) in [5.41, 5.74) is 2.60. The number of aromatic nitrogens is 2. The topological polar surface area (TPSA) is 41.6 Å². The predicted octanol–water partition coefficient (Wildman–Crippen LogP) is 4.82. The van der Waals surface area contributed by atoms with Crippen LogP contribution in [0.5, 0.6) is 0 Å². The van der Waals surface area contributed by atoms with Gasteiger partial charge >= 0.3 is 0 Å². The van der Waals surface area contributed by atoms with Crippen LogP contribution < -0.4 is 0 Å². The second-order valence-corrected chi connectivity index (χ2v) is 7.63. The molecule has 0 radical (unpaired) electrons. The molecule has 2 rings (SSSR count). The molecule has 0 aliphatic heterocycles. The molecule has 0 bridgehead atoms. The summed E-state index contributed by atoms with van der Waals surface area (Å²) in [5, 5.41) is 9.14. The summed E-state index contributed by atoms with van der Waals surface area (Å²) < 4.78 is 2.20. The molecule has 1 aromatic heterocycles. The monoisotopic (exact) mass is 303 g/mol. The summed E-state index contributed by atoms with van der Waals surface area (Å²) in [4.78, 5) is 4.62. The van der Waals surface area contributed by atoms with Crippen LogP contribution in [-0.2, 0) is 11.4 Å². The van der Waals surface area contributed by atoms with Crippen molar-refractivity contribution in [3.05, 3.63) is 29.6 Å². The highest BCUT2D eigenvalue weighted by Gasteiger charge is 2.30. The average Bonchev–Trinajstić information content (AvgIpc) is 2.73. The van der Waals surface area contributed by atoms with Gasteiger partial charge in [-0.15, -0.1) is 11.6 Å². The zero-order valence-corrected chi connectivity index (χ0v) is 14.1. The van der Waals surface area contributed by atoms with Crippen molar-refractivity contribution < 1.29 is 0 Å². The summed E-state index contributed by atoms with van der Waals surface area (Å²) >= 11 is 6.11. The first kappa shape index (κ1) is 15.9. The first-order valence-corrected chi connectivity index (χ1v) is 7.69. The highest BCUT2D eigenvalue weighted by Crippen LogP contribution is 2.36. The van der Waals surface area contributed by atoms with Crippen LogP contribution in [0.1, 0.15) is 52.4 Å². The minimum atomic E-state index is -0.120. The van der Waals surface area contributed by atoms with E-state index in [9.17, 15) is 0 Å². The second kappa shape index (κ2) is 5.35. The lowest BCUT2D eigenvalue weighted by Crippen LogP contribution is -2.32. The molecule has 0 atom stereocenters. The van der Waals surface area contributed by atoms with Crippen LogP contribution in [0.25, 0.3) is 11.0 Å². The summed E-state index contributed by atoms with van der Waals surface area (Å²) in [6.07, 6.45) is 0.992. The van der Waals surface area contributed by atoms with Gasteiger partial charge in [0.15, 0.2) is 0 Å². The number of fused-ring (bicyclic) bond motifs is 1. The van der Waals surface area contributed by atoms with Crippen molar-refractivity contribution in [2.75, 3.05) is 0 Å². The van der Waals surface area contributed by atoms with E-state index in [1.807, 2.05) is 12.1 Å². The van der Waals surface area contributed by atoms with E-state index >= 15 is 0 Å². The Balaban J connectivity index is 2.68. The Kier molecular flexibility index (Phi) is 4.04. The van der Waals surface area contributed by atoms with Crippen molar-refractivity contribution in [3.63, 3.8) is 0 Å². The fourth-order valence-corrected chi connectivity index (χ4v) is 3.52. The molecule has 0 saturated heterocycles. The second-order valence-electron chi connectivity index (χ2n) is 7.36. The number of nitrogens with zero attached hydrogens (tertiary/aromatic N) is 3. The number of benzene rings is 1. The van der Waals surface area contributed by atoms with Crippen molar-refractivity contribution in [1.29, 1.82) is 5.26 Å². The van der Waals surface area contributed by atoms with Crippen molar-refractivity contribution >= 4 is 22.6 Å². The molecular formula is C17H22ClN3. The van der Waals surface area contributed by atoms with E-state index in [4.69, 9.17) is 16.9 Å². The molecular weight excluding hydrogens is 282 g/mol. The van der Waals surface area contributed by atoms with Gasteiger partial charge in [-0.1, -0.05) is 20.8 Å². The lowest BCUT2D eigenvalue weighted by Gasteiger charge is -2.35. The zero-order chi connectivity index (χ0) is 15.8. The van der Waals surface area contributed by atoms with Crippen LogP contribution in [0.4, 0.5) is 0 Å². The molecule has 2 aromatic rings. The van der Waals surface area contributed by atoms with Gasteiger partial charge in [0, 0.05) is 5.54 Å². The van der Waals surface area contributed by atoms with Gasteiger partial charge in [0.1, 0.15) is 5.82 Å². The molecule has 0 fully saturated rings. The van der Waals surface area contributed by atoms with Gasteiger partial charge in [-0.05, 0) is 43.9 Å². The number of imidazole rings is 1. The maximum absolute atomic E-state index is 9.14. The molecule has 1 aromatic carbocycles. The van der Waals surface area contributed by atoms with Gasteiger partial charge < -0.3 is 4.57 Å². The number of nitriles is 1. The number of rotatable bonds is 3. The third-order valence-electron chi connectivity index (χ3n) is 3.54. The van der Waals surface area contributed by atoms with Crippen molar-refractivity contribution in [2.24, 2.45) is 5.41 Å². The van der Waals surface area contributed by atoms with Gasteiger partial charge in [-0.3, -0.25) is 0 Å². The molecule has 21 heavy (non-hydrogen) atoms. The Morgan fingerprint density at radius 2 is 1.90 bits per heavy atom. The normalized spacial score (nSPS) is 12.6. The van der Waals surface area contributed by atoms with Crippen LogP contribution in [0, 0.1) is 16.7 Å². The van der Waals surface area contributed by atoms with Crippen molar-refractivity contribution in [3.8, 4) is 6.07 Å². The molecule has 0 aliphatic carbocycles. The maximum atomic E-state index is 9.14. The molecule has 3 nitrogen and oxygen atoms in total. The molecule has 0 spiro atoms. The smallest absolute Gasteiger partial charge is 0.125 e. The van der Waals surface area contributed by atoms with Gasteiger partial charge in [0.25, 0.3) is 0 Å². The molecule has 0 unspecified atom stereocenters. The van der Waals surface area contributed by atoms with Crippen LogP contribution in [0.3, 0.4) is 0 Å². The Labute approximate surface area is 131 Å². The van der Waals surface area contributed by atoms with Gasteiger partial charge in [0.2, 0.25) is 0 Å². The van der Waals surface area contributed by atoms with E-state index in [0.29, 0.717) is 11.4 Å². The fraction of sp³-hybridized carbons (Fsp3) is 0.529. The van der Waals surface area contributed by atoms with Crippen LogP contribution in [0.15, 0.2) is 18.2 Å². The Morgan fingerprint density at radius 3 is 2.43 bits per heavy atom. The predicted molar refractivity (Wildman–Crippen MR) is 87.4 cm³/mol. The van der Waals surface area contributed by atoms with E-state index in [-0.39, 0.29) is 11.0 Å². The molecule has 0 N–H and O–H groups in total. The molecule has 4 heteroatoms. The zero-order valence-electron chi connectivity index (χ0n) is 13.4. The largest absolute Gasteiger partial charge is 0.321 e. The lowest BCUT2D eigenvalue weighted by atomic mass is 9.81. The summed E-state index contributed by atoms with van der Waals surface area (Å²) in [6.45, 7) is 11.1. The van der Waals surface area contributed by atoms with Gasteiger partial charge in [-0.25, -0.2) is 4.98 Å². The van der Waals surface area contributed by atoms with E-state index < -0.39 is 0 Å². The van der Waals surface area contributed by atoms with Crippen LogP contribution in [0.2, 0.25) is 0 Å². The van der Waals surface area contributed by atoms with Crippen LogP contribution in [-0.4, -0.2) is 9.55 Å². The van der Waals surface area contributed by atoms with Crippen molar-refractivity contribution in [1.82, 2.24) is 9.55 Å². The molecule has 0 aliphatic rings. The van der Waals surface area contributed by atoms with Crippen molar-refractivity contribution in [2.45, 2.75) is 52.5 Å². The Hall–Kier alpha value is -1.53. The first-order chi connectivity index (χ1) is 9.68.